The molecule has 1 amide bonds. The lowest BCUT2D eigenvalue weighted by Crippen LogP contribution is -2.22. The van der Waals surface area contributed by atoms with Crippen LogP contribution in [0, 0.1) is 5.82 Å². The van der Waals surface area contributed by atoms with Crippen LogP contribution in [-0.2, 0) is 6.54 Å². The average molecular weight is 440 g/mol. The summed E-state index contributed by atoms with van der Waals surface area (Å²) in [6.45, 7) is -2.68. The van der Waals surface area contributed by atoms with Crippen molar-refractivity contribution >= 4 is 40.0 Å². The standard InChI is InChI=1S/C19H13ClF3N3O2S/c20-15(9-11-3-7-14(8-4-11)28-19(22)23)17-25-26-18(29-17)16(27)24-10-12-1-5-13(21)6-2-12/h1-9,19H,10H2,(H,24,27)/b15-9+. The SMILES string of the molecule is O=C(NCc1ccc(F)cc1)c1nnc(/C(Cl)=C\c2ccc(OC(F)F)cc2)s1. The molecular formula is C19H13ClF3N3O2S. The predicted molar refractivity (Wildman–Crippen MR) is 104 cm³/mol. The van der Waals surface area contributed by atoms with E-state index in [-0.39, 0.29) is 28.2 Å². The summed E-state index contributed by atoms with van der Waals surface area (Å²) >= 11 is 7.22. The summed E-state index contributed by atoms with van der Waals surface area (Å²) < 4.78 is 41.5. The molecule has 0 fully saturated rings. The lowest BCUT2D eigenvalue weighted by molar-refractivity contribution is -0.0498. The van der Waals surface area contributed by atoms with E-state index < -0.39 is 12.5 Å². The van der Waals surface area contributed by atoms with Gasteiger partial charge in [-0.25, -0.2) is 4.39 Å². The Morgan fingerprint density at radius 2 is 1.76 bits per heavy atom. The van der Waals surface area contributed by atoms with Gasteiger partial charge in [0.05, 0.1) is 5.03 Å². The van der Waals surface area contributed by atoms with Crippen molar-refractivity contribution in [3.63, 3.8) is 0 Å². The van der Waals surface area contributed by atoms with Gasteiger partial charge in [-0.05, 0) is 41.5 Å². The summed E-state index contributed by atoms with van der Waals surface area (Å²) in [4.78, 5) is 12.2. The maximum Gasteiger partial charge on any atom is 0.387 e. The number of amides is 1. The van der Waals surface area contributed by atoms with Crippen LogP contribution in [0.3, 0.4) is 0 Å². The molecule has 150 valence electrons. The molecule has 0 aliphatic rings. The molecule has 29 heavy (non-hydrogen) atoms. The second-order valence-corrected chi connectivity index (χ2v) is 7.05. The van der Waals surface area contributed by atoms with Gasteiger partial charge in [0.2, 0.25) is 5.01 Å². The third kappa shape index (κ3) is 6.03. The van der Waals surface area contributed by atoms with Crippen molar-refractivity contribution in [2.24, 2.45) is 0 Å². The van der Waals surface area contributed by atoms with Crippen molar-refractivity contribution in [3.05, 3.63) is 75.5 Å². The molecule has 0 unspecified atom stereocenters. The van der Waals surface area contributed by atoms with Crippen molar-refractivity contribution < 1.29 is 22.7 Å². The average Bonchev–Trinajstić information content (AvgIpc) is 3.19. The van der Waals surface area contributed by atoms with E-state index >= 15 is 0 Å². The fourth-order valence-corrected chi connectivity index (χ4v) is 3.17. The van der Waals surface area contributed by atoms with Gasteiger partial charge < -0.3 is 10.1 Å². The number of nitrogens with zero attached hydrogens (tertiary/aromatic N) is 2. The van der Waals surface area contributed by atoms with E-state index in [0.717, 1.165) is 16.9 Å². The van der Waals surface area contributed by atoms with Gasteiger partial charge in [-0.3, -0.25) is 4.79 Å². The predicted octanol–water partition coefficient (Wildman–Crippen LogP) is 4.95. The highest BCUT2D eigenvalue weighted by Gasteiger charge is 2.14. The normalized spacial score (nSPS) is 11.6. The number of aromatic nitrogens is 2. The highest BCUT2D eigenvalue weighted by atomic mass is 35.5. The Kier molecular flexibility index (Phi) is 6.84. The Hall–Kier alpha value is -2.91. The second kappa shape index (κ2) is 9.53. The molecule has 1 aromatic heterocycles. The van der Waals surface area contributed by atoms with E-state index in [9.17, 15) is 18.0 Å². The summed E-state index contributed by atoms with van der Waals surface area (Å²) in [6.07, 6.45) is 1.56. The lowest BCUT2D eigenvalue weighted by Gasteiger charge is -2.04. The number of hydrogen-bond acceptors (Lipinski definition) is 5. The van der Waals surface area contributed by atoms with Crippen LogP contribution in [0.5, 0.6) is 5.75 Å². The molecule has 2 aromatic carbocycles. The lowest BCUT2D eigenvalue weighted by atomic mass is 10.2. The minimum absolute atomic E-state index is 0.0318. The number of hydrogen-bond donors (Lipinski definition) is 1. The summed E-state index contributed by atoms with van der Waals surface area (Å²) in [7, 11) is 0. The van der Waals surface area contributed by atoms with Crippen LogP contribution in [0.15, 0.2) is 48.5 Å². The number of alkyl halides is 2. The van der Waals surface area contributed by atoms with Gasteiger partial charge >= 0.3 is 6.61 Å². The van der Waals surface area contributed by atoms with Gasteiger partial charge in [0.25, 0.3) is 5.91 Å². The van der Waals surface area contributed by atoms with Crippen molar-refractivity contribution in [2.75, 3.05) is 0 Å². The monoisotopic (exact) mass is 439 g/mol. The Morgan fingerprint density at radius 3 is 2.41 bits per heavy atom. The fraction of sp³-hybridized carbons (Fsp3) is 0.105. The zero-order chi connectivity index (χ0) is 20.8. The van der Waals surface area contributed by atoms with E-state index in [1.807, 2.05) is 0 Å². The van der Waals surface area contributed by atoms with E-state index in [2.05, 4.69) is 20.3 Å². The summed E-state index contributed by atoms with van der Waals surface area (Å²) in [5.41, 5.74) is 1.37. The summed E-state index contributed by atoms with van der Waals surface area (Å²) in [6, 6.07) is 11.6. The fourth-order valence-electron chi connectivity index (χ4n) is 2.23. The maximum absolute atomic E-state index is 12.9. The highest BCUT2D eigenvalue weighted by Crippen LogP contribution is 2.26. The van der Waals surface area contributed by atoms with Crippen LogP contribution in [0.25, 0.3) is 11.1 Å². The molecule has 1 N–H and O–H groups in total. The third-order valence-electron chi connectivity index (χ3n) is 3.59. The van der Waals surface area contributed by atoms with Crippen LogP contribution in [0.2, 0.25) is 0 Å². The molecule has 5 nitrogen and oxygen atoms in total. The van der Waals surface area contributed by atoms with Gasteiger partial charge in [-0.2, -0.15) is 8.78 Å². The van der Waals surface area contributed by atoms with E-state index in [4.69, 9.17) is 11.6 Å². The van der Waals surface area contributed by atoms with Gasteiger partial charge in [0.15, 0.2) is 5.01 Å². The molecule has 0 radical (unpaired) electrons. The molecule has 0 aliphatic heterocycles. The second-order valence-electron chi connectivity index (χ2n) is 5.66. The summed E-state index contributed by atoms with van der Waals surface area (Å²) in [5.74, 6) is -0.758. The van der Waals surface area contributed by atoms with E-state index in [1.54, 1.807) is 30.3 Å². The number of carbonyl (C=O) groups is 1. The van der Waals surface area contributed by atoms with Gasteiger partial charge in [-0.1, -0.05) is 47.2 Å². The molecule has 0 bridgehead atoms. The Balaban J connectivity index is 1.62. The first-order chi connectivity index (χ1) is 13.9. The summed E-state index contributed by atoms with van der Waals surface area (Å²) in [5, 5.41) is 11.1. The number of ether oxygens (including phenoxy) is 1. The van der Waals surface area contributed by atoms with Crippen molar-refractivity contribution in [3.8, 4) is 5.75 Å². The minimum atomic E-state index is -2.89. The minimum Gasteiger partial charge on any atom is -0.435 e. The smallest absolute Gasteiger partial charge is 0.387 e. The molecular weight excluding hydrogens is 427 g/mol. The van der Waals surface area contributed by atoms with Crippen LogP contribution < -0.4 is 10.1 Å². The van der Waals surface area contributed by atoms with Crippen LogP contribution in [0.4, 0.5) is 13.2 Å². The van der Waals surface area contributed by atoms with Crippen molar-refractivity contribution in [1.29, 1.82) is 0 Å². The number of carbonyl (C=O) groups excluding carboxylic acids is 1. The first kappa shape index (κ1) is 20.8. The molecule has 3 rings (SSSR count). The molecule has 0 atom stereocenters. The van der Waals surface area contributed by atoms with Crippen molar-refractivity contribution in [2.45, 2.75) is 13.2 Å². The number of benzene rings is 2. The quantitative estimate of drug-likeness (QED) is 0.566. The maximum atomic E-state index is 12.9. The molecule has 10 heteroatoms. The molecule has 0 saturated carbocycles. The number of rotatable bonds is 7. The van der Waals surface area contributed by atoms with E-state index in [0.29, 0.717) is 10.6 Å². The van der Waals surface area contributed by atoms with Crippen LogP contribution in [0.1, 0.15) is 25.9 Å². The van der Waals surface area contributed by atoms with Gasteiger partial charge in [0.1, 0.15) is 11.6 Å². The first-order valence-corrected chi connectivity index (χ1v) is 9.39. The molecule has 0 aliphatic carbocycles. The molecule has 0 saturated heterocycles. The van der Waals surface area contributed by atoms with E-state index in [1.165, 1.54) is 24.3 Å². The largest absolute Gasteiger partial charge is 0.435 e. The third-order valence-corrected chi connectivity index (χ3v) is 4.94. The van der Waals surface area contributed by atoms with Crippen molar-refractivity contribution in [1.82, 2.24) is 15.5 Å². The van der Waals surface area contributed by atoms with Gasteiger partial charge in [0, 0.05) is 6.54 Å². The molecule has 3 aromatic rings. The Morgan fingerprint density at radius 1 is 1.10 bits per heavy atom. The van der Waals surface area contributed by atoms with Crippen LogP contribution >= 0.6 is 22.9 Å². The van der Waals surface area contributed by atoms with Crippen LogP contribution in [-0.4, -0.2) is 22.7 Å². The Bertz CT molecular complexity index is 1010. The zero-order valence-electron chi connectivity index (χ0n) is 14.6. The number of halogens is 4. The number of nitrogens with one attached hydrogen (secondary N) is 1. The molecule has 0 spiro atoms. The topological polar surface area (TPSA) is 64.1 Å². The Labute approximate surface area is 172 Å². The van der Waals surface area contributed by atoms with Gasteiger partial charge in [-0.15, -0.1) is 10.2 Å². The zero-order valence-corrected chi connectivity index (χ0v) is 16.2. The first-order valence-electron chi connectivity index (χ1n) is 8.19. The molecule has 1 heterocycles. The highest BCUT2D eigenvalue weighted by molar-refractivity contribution is 7.15.